The second-order valence-corrected chi connectivity index (χ2v) is 5.21. The van der Waals surface area contributed by atoms with Gasteiger partial charge >= 0.3 is 5.69 Å². The van der Waals surface area contributed by atoms with Crippen molar-refractivity contribution in [3.8, 4) is 6.07 Å². The highest BCUT2D eigenvalue weighted by molar-refractivity contribution is 5.81. The largest absolute Gasteiger partial charge is 0.352 e. The number of likely N-dealkylation sites (N-methyl/N-ethyl adjacent to an activating group) is 1. The van der Waals surface area contributed by atoms with E-state index in [0.717, 1.165) is 17.4 Å². The maximum Gasteiger partial charge on any atom is 0.332 e. The Balaban J connectivity index is 2.38. The van der Waals surface area contributed by atoms with Gasteiger partial charge in [-0.05, 0) is 12.8 Å². The number of nitrogens with one attached hydrogen (secondary N) is 1. The predicted octanol–water partition coefficient (Wildman–Crippen LogP) is -1.33. The summed E-state index contributed by atoms with van der Waals surface area (Å²) in [4.78, 5) is 37.2. The maximum absolute atomic E-state index is 12.0. The van der Waals surface area contributed by atoms with Crippen molar-refractivity contribution < 1.29 is 4.79 Å². The van der Waals surface area contributed by atoms with Gasteiger partial charge in [-0.2, -0.15) is 5.26 Å². The Labute approximate surface area is 121 Å². The van der Waals surface area contributed by atoms with Gasteiger partial charge in [0.25, 0.3) is 5.56 Å². The molecule has 1 amide bonds. The molecule has 21 heavy (non-hydrogen) atoms. The van der Waals surface area contributed by atoms with E-state index < -0.39 is 11.2 Å². The summed E-state index contributed by atoms with van der Waals surface area (Å²) in [6.45, 7) is -0.0222. The summed E-state index contributed by atoms with van der Waals surface area (Å²) in [5, 5.41) is 12.0. The summed E-state index contributed by atoms with van der Waals surface area (Å²) in [6.07, 6.45) is 1.95. The zero-order valence-corrected chi connectivity index (χ0v) is 12.2. The lowest BCUT2D eigenvalue weighted by atomic mass is 10.3. The third-order valence-corrected chi connectivity index (χ3v) is 3.43. The molecule has 0 aromatic carbocycles. The van der Waals surface area contributed by atoms with Gasteiger partial charge < -0.3 is 10.2 Å². The zero-order chi connectivity index (χ0) is 15.7. The summed E-state index contributed by atoms with van der Waals surface area (Å²) in [5.74, 6) is -0.0476. The third kappa shape index (κ3) is 2.81. The monoisotopic (exact) mass is 291 g/mol. The minimum Gasteiger partial charge on any atom is -0.352 e. The van der Waals surface area contributed by atoms with E-state index in [9.17, 15) is 19.6 Å². The van der Waals surface area contributed by atoms with Crippen LogP contribution in [-0.2, 0) is 18.9 Å². The van der Waals surface area contributed by atoms with E-state index in [1.165, 1.54) is 23.6 Å². The lowest BCUT2D eigenvalue weighted by Crippen LogP contribution is -2.44. The van der Waals surface area contributed by atoms with Gasteiger partial charge in [-0.25, -0.2) is 4.79 Å². The first-order valence-electron chi connectivity index (χ1n) is 6.57. The molecule has 1 aromatic heterocycles. The Kier molecular flexibility index (Phi) is 3.84. The fourth-order valence-corrected chi connectivity index (χ4v) is 2.17. The van der Waals surface area contributed by atoms with Gasteiger partial charge in [-0.1, -0.05) is 0 Å². The van der Waals surface area contributed by atoms with Crippen molar-refractivity contribution in [1.29, 1.82) is 5.26 Å². The van der Waals surface area contributed by atoms with Gasteiger partial charge in [0.05, 0.1) is 6.54 Å². The van der Waals surface area contributed by atoms with Crippen LogP contribution in [0.2, 0.25) is 0 Å². The number of carbonyl (C=O) groups is 1. The second kappa shape index (κ2) is 5.44. The molecule has 0 spiro atoms. The molecule has 1 aliphatic carbocycles. The number of rotatable bonds is 4. The molecule has 1 saturated carbocycles. The van der Waals surface area contributed by atoms with E-state index in [4.69, 9.17) is 0 Å². The topological polar surface area (TPSA) is 100 Å². The molecule has 1 fully saturated rings. The second-order valence-electron chi connectivity index (χ2n) is 5.21. The maximum atomic E-state index is 12.0. The summed E-state index contributed by atoms with van der Waals surface area (Å²) < 4.78 is 2.07. The molecular formula is C13H17N5O3. The van der Waals surface area contributed by atoms with Crippen molar-refractivity contribution in [3.05, 3.63) is 26.4 Å². The van der Waals surface area contributed by atoms with E-state index >= 15 is 0 Å². The summed E-state index contributed by atoms with van der Waals surface area (Å²) in [6, 6.07) is 2.04. The van der Waals surface area contributed by atoms with Crippen LogP contribution >= 0.6 is 0 Å². The first-order chi connectivity index (χ1) is 9.86. The zero-order valence-electron chi connectivity index (χ0n) is 12.2. The Bertz CT molecular complexity index is 736. The number of nitriles is 1. The molecule has 8 heteroatoms. The van der Waals surface area contributed by atoms with Crippen molar-refractivity contribution in [2.75, 3.05) is 18.5 Å². The van der Waals surface area contributed by atoms with Crippen LogP contribution in [0.4, 0.5) is 5.82 Å². The van der Waals surface area contributed by atoms with Crippen LogP contribution in [0.1, 0.15) is 18.4 Å². The SMILES string of the molecule is CN(CC(=O)NC1CC1)c1c(C#N)c(=O)n(C)c(=O)n1C. The minimum atomic E-state index is -0.662. The molecule has 0 bridgehead atoms. The van der Waals surface area contributed by atoms with Crippen LogP contribution in [0.15, 0.2) is 9.59 Å². The molecule has 0 atom stereocenters. The molecule has 0 unspecified atom stereocenters. The Morgan fingerprint density at radius 2 is 2.00 bits per heavy atom. The van der Waals surface area contributed by atoms with Crippen LogP contribution in [0, 0.1) is 11.3 Å². The van der Waals surface area contributed by atoms with Crippen LogP contribution < -0.4 is 21.5 Å². The number of amides is 1. The van der Waals surface area contributed by atoms with E-state index in [1.807, 2.05) is 6.07 Å². The quantitative estimate of drug-likeness (QED) is 0.741. The fraction of sp³-hybridized carbons (Fsp3) is 0.538. The first-order valence-corrected chi connectivity index (χ1v) is 6.57. The van der Waals surface area contributed by atoms with Crippen LogP contribution in [-0.4, -0.2) is 34.7 Å². The molecule has 0 saturated heterocycles. The van der Waals surface area contributed by atoms with Gasteiger partial charge in [0, 0.05) is 27.2 Å². The molecular weight excluding hydrogens is 274 g/mol. The highest BCUT2D eigenvalue weighted by Gasteiger charge is 2.25. The molecule has 1 aliphatic rings. The van der Waals surface area contributed by atoms with E-state index in [2.05, 4.69) is 5.32 Å². The lowest BCUT2D eigenvalue weighted by Gasteiger charge is -2.22. The number of aromatic nitrogens is 2. The van der Waals surface area contributed by atoms with Gasteiger partial charge in [0.1, 0.15) is 11.9 Å². The molecule has 8 nitrogen and oxygen atoms in total. The predicted molar refractivity (Wildman–Crippen MR) is 76.1 cm³/mol. The van der Waals surface area contributed by atoms with Crippen LogP contribution in [0.5, 0.6) is 0 Å². The highest BCUT2D eigenvalue weighted by atomic mass is 16.2. The summed E-state index contributed by atoms with van der Waals surface area (Å²) >= 11 is 0. The van der Waals surface area contributed by atoms with Crippen molar-refractivity contribution in [2.24, 2.45) is 14.1 Å². The minimum absolute atomic E-state index is 0.0222. The molecule has 2 rings (SSSR count). The summed E-state index contributed by atoms with van der Waals surface area (Å²) in [5.41, 5.74) is -1.35. The number of hydrogen-bond acceptors (Lipinski definition) is 5. The molecule has 1 N–H and O–H groups in total. The van der Waals surface area contributed by atoms with Gasteiger partial charge in [-0.15, -0.1) is 0 Å². The van der Waals surface area contributed by atoms with Crippen molar-refractivity contribution in [3.63, 3.8) is 0 Å². The molecule has 0 radical (unpaired) electrons. The third-order valence-electron chi connectivity index (χ3n) is 3.43. The molecule has 0 aliphatic heterocycles. The Hall–Kier alpha value is -2.56. The normalized spacial score (nSPS) is 13.6. The number of anilines is 1. The van der Waals surface area contributed by atoms with E-state index in [1.54, 1.807) is 7.05 Å². The van der Waals surface area contributed by atoms with Crippen LogP contribution in [0.25, 0.3) is 0 Å². The standard InChI is InChI=1S/C13H17N5O3/c1-16(7-10(19)15-8-4-5-8)11-9(6-14)12(20)18(3)13(21)17(11)2/h8H,4-5,7H2,1-3H3,(H,15,19). The average molecular weight is 291 g/mol. The summed E-state index contributed by atoms with van der Waals surface area (Å²) in [7, 11) is 4.35. The Morgan fingerprint density at radius 1 is 1.38 bits per heavy atom. The first kappa shape index (κ1) is 14.8. The lowest BCUT2D eigenvalue weighted by molar-refractivity contribution is -0.119. The number of nitrogens with zero attached hydrogens (tertiary/aromatic N) is 4. The van der Waals surface area contributed by atoms with Gasteiger partial charge in [0.15, 0.2) is 5.56 Å². The van der Waals surface area contributed by atoms with Crippen molar-refractivity contribution >= 4 is 11.7 Å². The van der Waals surface area contributed by atoms with E-state index in [-0.39, 0.29) is 29.9 Å². The smallest absolute Gasteiger partial charge is 0.332 e. The van der Waals surface area contributed by atoms with Crippen molar-refractivity contribution in [2.45, 2.75) is 18.9 Å². The van der Waals surface area contributed by atoms with Crippen molar-refractivity contribution in [1.82, 2.24) is 14.5 Å². The van der Waals surface area contributed by atoms with E-state index in [0.29, 0.717) is 0 Å². The highest BCUT2D eigenvalue weighted by Crippen LogP contribution is 2.18. The fourth-order valence-electron chi connectivity index (χ4n) is 2.17. The number of carbonyl (C=O) groups excluding carboxylic acids is 1. The van der Waals surface area contributed by atoms with Crippen LogP contribution in [0.3, 0.4) is 0 Å². The molecule has 1 aromatic rings. The number of hydrogen-bond donors (Lipinski definition) is 1. The average Bonchev–Trinajstić information content (AvgIpc) is 3.23. The van der Waals surface area contributed by atoms with Gasteiger partial charge in [0.2, 0.25) is 5.91 Å². The van der Waals surface area contributed by atoms with Gasteiger partial charge in [-0.3, -0.25) is 18.7 Å². The Morgan fingerprint density at radius 3 is 2.52 bits per heavy atom. The molecule has 112 valence electrons. The molecule has 1 heterocycles.